The van der Waals surface area contributed by atoms with Crippen molar-refractivity contribution >= 4 is 14.1 Å². The van der Waals surface area contributed by atoms with Crippen LogP contribution in [0.25, 0.3) is 0 Å². The van der Waals surface area contributed by atoms with Crippen molar-refractivity contribution in [2.75, 3.05) is 13.2 Å². The van der Waals surface area contributed by atoms with E-state index in [2.05, 4.69) is 33.9 Å². The molecule has 0 saturated carbocycles. The van der Waals surface area contributed by atoms with E-state index in [1.807, 2.05) is 27.7 Å². The van der Waals surface area contributed by atoms with Gasteiger partial charge >= 0.3 is 0 Å². The lowest BCUT2D eigenvalue weighted by molar-refractivity contribution is -0.168. The van der Waals surface area contributed by atoms with Crippen molar-refractivity contribution < 1.29 is 28.2 Å². The quantitative estimate of drug-likeness (QED) is 0.688. The Morgan fingerprint density at radius 1 is 1.04 bits per heavy atom. The summed E-state index contributed by atoms with van der Waals surface area (Å²) in [6.07, 6.45) is -1.80. The Balaban J connectivity index is 2.22. The van der Waals surface area contributed by atoms with Gasteiger partial charge in [0.2, 0.25) is 0 Å². The zero-order valence-corrected chi connectivity index (χ0v) is 18.1. The van der Waals surface area contributed by atoms with Crippen molar-refractivity contribution in [1.82, 2.24) is 0 Å². The Morgan fingerprint density at radius 2 is 1.56 bits per heavy atom. The molecule has 2 rings (SSSR count). The zero-order valence-electron chi connectivity index (χ0n) is 17.1. The fraction of sp³-hybridized carbons (Fsp3) is 0.944. The van der Waals surface area contributed by atoms with Crippen LogP contribution in [0.4, 0.5) is 0 Å². The Hall–Kier alpha value is -0.313. The highest BCUT2D eigenvalue weighted by Gasteiger charge is 2.50. The van der Waals surface area contributed by atoms with Gasteiger partial charge in [0.1, 0.15) is 18.3 Å². The fourth-order valence-electron chi connectivity index (χ4n) is 2.69. The Labute approximate surface area is 152 Å². The topological polar surface area (TPSA) is 63.2 Å². The van der Waals surface area contributed by atoms with Crippen molar-refractivity contribution in [2.24, 2.45) is 0 Å². The molecule has 0 unspecified atom stereocenters. The van der Waals surface area contributed by atoms with Gasteiger partial charge < -0.3 is 23.4 Å². The molecule has 25 heavy (non-hydrogen) atoms. The molecule has 0 N–H and O–H groups in total. The zero-order chi connectivity index (χ0) is 19.3. The molecule has 0 bridgehead atoms. The van der Waals surface area contributed by atoms with E-state index >= 15 is 0 Å². The number of ether oxygens (including phenoxy) is 4. The maximum atomic E-state index is 13.2. The highest BCUT2D eigenvalue weighted by atomic mass is 28.4. The van der Waals surface area contributed by atoms with E-state index in [1.165, 1.54) is 0 Å². The van der Waals surface area contributed by atoms with E-state index in [-0.39, 0.29) is 17.4 Å². The minimum Gasteiger partial charge on any atom is -0.404 e. The molecule has 0 spiro atoms. The van der Waals surface area contributed by atoms with Crippen LogP contribution < -0.4 is 0 Å². The summed E-state index contributed by atoms with van der Waals surface area (Å²) >= 11 is 0. The predicted molar refractivity (Wildman–Crippen MR) is 96.9 cm³/mol. The molecule has 2 saturated heterocycles. The summed E-state index contributed by atoms with van der Waals surface area (Å²) in [5.74, 6) is -1.60. The third kappa shape index (κ3) is 4.90. The van der Waals surface area contributed by atoms with E-state index in [4.69, 9.17) is 23.4 Å². The summed E-state index contributed by atoms with van der Waals surface area (Å²) in [6.45, 7) is 18.6. The molecule has 2 aliphatic heterocycles. The summed E-state index contributed by atoms with van der Waals surface area (Å²) in [6, 6.07) is 0. The molecule has 3 atom stereocenters. The van der Waals surface area contributed by atoms with Crippen LogP contribution in [0.15, 0.2) is 0 Å². The highest BCUT2D eigenvalue weighted by Crippen LogP contribution is 2.39. The second-order valence-corrected chi connectivity index (χ2v) is 14.1. The van der Waals surface area contributed by atoms with Gasteiger partial charge in [-0.05, 0) is 45.8 Å². The number of carbonyl (C=O) groups excluding carboxylic acids is 1. The molecule has 7 heteroatoms. The van der Waals surface area contributed by atoms with Crippen molar-refractivity contribution in [3.05, 3.63) is 0 Å². The third-order valence-electron chi connectivity index (χ3n) is 5.20. The van der Waals surface area contributed by atoms with Gasteiger partial charge in [0, 0.05) is 0 Å². The lowest BCUT2D eigenvalue weighted by atomic mass is 10.1. The molecule has 146 valence electrons. The summed E-state index contributed by atoms with van der Waals surface area (Å²) in [5, 5.41) is -0.0210. The maximum Gasteiger partial charge on any atom is 0.194 e. The number of hydrogen-bond donors (Lipinski definition) is 0. The smallest absolute Gasteiger partial charge is 0.194 e. The van der Waals surface area contributed by atoms with E-state index in [0.717, 1.165) is 0 Å². The fourth-order valence-corrected chi connectivity index (χ4v) is 3.94. The molecule has 0 aromatic heterocycles. The van der Waals surface area contributed by atoms with Crippen LogP contribution in [-0.4, -0.2) is 57.2 Å². The van der Waals surface area contributed by atoms with Gasteiger partial charge in [0.05, 0.1) is 13.2 Å². The molecule has 2 heterocycles. The van der Waals surface area contributed by atoms with Crippen molar-refractivity contribution in [2.45, 2.75) is 96.5 Å². The monoisotopic (exact) mass is 374 g/mol. The Morgan fingerprint density at radius 3 is 1.96 bits per heavy atom. The van der Waals surface area contributed by atoms with E-state index < -0.39 is 38.2 Å². The molecule has 6 nitrogen and oxygen atoms in total. The molecular formula is C18H34O6Si. The summed E-state index contributed by atoms with van der Waals surface area (Å²) in [7, 11) is -2.18. The van der Waals surface area contributed by atoms with Gasteiger partial charge in [-0.2, -0.15) is 0 Å². The number of ketones is 1. The SMILES string of the molecule is CC1(C)OC[C@H](C(=O)[C@H](O[Si](C)(C)C(C)(C)C)[C@H]2COC(C)(C)O2)O1. The van der Waals surface area contributed by atoms with E-state index in [1.54, 1.807) is 0 Å². The van der Waals surface area contributed by atoms with Crippen LogP contribution in [0.3, 0.4) is 0 Å². The number of hydrogen-bond acceptors (Lipinski definition) is 6. The van der Waals surface area contributed by atoms with Crippen LogP contribution in [0.1, 0.15) is 48.5 Å². The lowest BCUT2D eigenvalue weighted by Crippen LogP contribution is -2.53. The maximum absolute atomic E-state index is 13.2. The first-order valence-corrected chi connectivity index (χ1v) is 11.9. The van der Waals surface area contributed by atoms with E-state index in [0.29, 0.717) is 6.61 Å². The summed E-state index contributed by atoms with van der Waals surface area (Å²) in [4.78, 5) is 13.2. The summed E-state index contributed by atoms with van der Waals surface area (Å²) in [5.41, 5.74) is 0. The van der Waals surface area contributed by atoms with Crippen molar-refractivity contribution in [1.29, 1.82) is 0 Å². The normalized spacial score (nSPS) is 30.4. The van der Waals surface area contributed by atoms with E-state index in [9.17, 15) is 4.79 Å². The van der Waals surface area contributed by atoms with Crippen molar-refractivity contribution in [3.63, 3.8) is 0 Å². The highest BCUT2D eigenvalue weighted by molar-refractivity contribution is 6.74. The van der Waals surface area contributed by atoms with Crippen molar-refractivity contribution in [3.8, 4) is 0 Å². The second kappa shape index (κ2) is 6.69. The first-order valence-electron chi connectivity index (χ1n) is 8.99. The third-order valence-corrected chi connectivity index (χ3v) is 9.66. The van der Waals surface area contributed by atoms with Crippen LogP contribution in [0, 0.1) is 0 Å². The molecule has 2 fully saturated rings. The molecule has 0 radical (unpaired) electrons. The molecule has 0 aliphatic carbocycles. The molecule has 2 aliphatic rings. The van der Waals surface area contributed by atoms with Crippen LogP contribution in [-0.2, 0) is 28.2 Å². The Bertz CT molecular complexity index is 508. The second-order valence-electron chi connectivity index (χ2n) is 9.39. The Kier molecular flexibility index (Phi) is 5.62. The van der Waals surface area contributed by atoms with Gasteiger partial charge in [-0.25, -0.2) is 0 Å². The summed E-state index contributed by atoms with van der Waals surface area (Å²) < 4.78 is 29.4. The molecule has 0 aromatic rings. The van der Waals surface area contributed by atoms with Crippen LogP contribution in [0.2, 0.25) is 18.1 Å². The molecular weight excluding hydrogens is 340 g/mol. The predicted octanol–water partition coefficient (Wildman–Crippen LogP) is 3.25. The molecule has 0 aromatic carbocycles. The number of carbonyl (C=O) groups is 1. The van der Waals surface area contributed by atoms with Gasteiger partial charge in [-0.15, -0.1) is 0 Å². The minimum absolute atomic E-state index is 0.0210. The van der Waals surface area contributed by atoms with Gasteiger partial charge in [-0.1, -0.05) is 20.8 Å². The standard InChI is InChI=1S/C18H34O6Si/c1-16(2,3)25(8,9)24-15(13-11-21-18(6,7)23-13)14(19)12-10-20-17(4,5)22-12/h12-13,15H,10-11H2,1-9H3/t12-,13-,15-/m1/s1. The average Bonchev–Trinajstić information content (AvgIpc) is 2.96. The van der Waals surface area contributed by atoms with Crippen LogP contribution >= 0.6 is 0 Å². The number of Topliss-reactive ketones (excluding diaryl/α,β-unsaturated/α-hetero) is 1. The van der Waals surface area contributed by atoms with Gasteiger partial charge in [0.15, 0.2) is 25.7 Å². The van der Waals surface area contributed by atoms with Crippen LogP contribution in [0.5, 0.6) is 0 Å². The molecule has 0 amide bonds. The average molecular weight is 375 g/mol. The first kappa shape index (κ1) is 21.0. The first-order chi connectivity index (χ1) is 11.1. The largest absolute Gasteiger partial charge is 0.404 e. The minimum atomic E-state index is -2.18. The van der Waals surface area contributed by atoms with Gasteiger partial charge in [-0.3, -0.25) is 4.79 Å². The number of rotatable bonds is 5. The lowest BCUT2D eigenvalue weighted by Gasteiger charge is -2.40. The van der Waals surface area contributed by atoms with Gasteiger partial charge in [0.25, 0.3) is 0 Å².